The zero-order valence-electron chi connectivity index (χ0n) is 14.4. The fourth-order valence-electron chi connectivity index (χ4n) is 2.97. The molecule has 0 unspecified atom stereocenters. The van der Waals surface area contributed by atoms with Crippen molar-refractivity contribution in [1.29, 1.82) is 0 Å². The molecule has 1 aromatic heterocycles. The van der Waals surface area contributed by atoms with Crippen LogP contribution >= 0.6 is 23.2 Å². The summed E-state index contributed by atoms with van der Waals surface area (Å²) in [5.41, 5.74) is 0.604. The standard InChI is InChI=1S/C19H15Cl2NO6/c20-12-3-1-2-10(16(12)21)8-11-4-5-13-15(17(11)24)18(25)14(28-19(26)27)9-22(13)6-7-23/h1-5,9,23-24H,6-8H2,(H,26,27). The number of hydrogen-bond acceptors (Lipinski definition) is 5. The monoisotopic (exact) mass is 423 g/mol. The molecule has 1 heterocycles. The first-order valence-electron chi connectivity index (χ1n) is 8.16. The topological polar surface area (TPSA) is 109 Å². The van der Waals surface area contributed by atoms with Crippen LogP contribution in [0.1, 0.15) is 11.1 Å². The van der Waals surface area contributed by atoms with E-state index in [0.717, 1.165) is 0 Å². The summed E-state index contributed by atoms with van der Waals surface area (Å²) in [6.45, 7) is -0.184. The molecular weight excluding hydrogens is 409 g/mol. The Morgan fingerprint density at radius 1 is 1.14 bits per heavy atom. The van der Waals surface area contributed by atoms with Gasteiger partial charge in [-0.3, -0.25) is 4.79 Å². The Hall–Kier alpha value is -2.74. The Morgan fingerprint density at radius 3 is 2.57 bits per heavy atom. The van der Waals surface area contributed by atoms with Gasteiger partial charge in [0.15, 0.2) is 5.75 Å². The molecule has 0 fully saturated rings. The summed E-state index contributed by atoms with van der Waals surface area (Å²) in [6.07, 6.45) is -0.277. The number of halogens is 2. The van der Waals surface area contributed by atoms with Crippen LogP contribution in [0, 0.1) is 0 Å². The molecule has 3 aromatic rings. The van der Waals surface area contributed by atoms with Crippen LogP contribution in [-0.2, 0) is 13.0 Å². The van der Waals surface area contributed by atoms with Crippen molar-refractivity contribution in [2.24, 2.45) is 0 Å². The molecule has 0 atom stereocenters. The molecular formula is C19H15Cl2NO6. The SMILES string of the molecule is O=C(O)Oc1cn(CCO)c2ccc(Cc3cccc(Cl)c3Cl)c(O)c2c1=O. The first-order chi connectivity index (χ1) is 13.3. The highest BCUT2D eigenvalue weighted by atomic mass is 35.5. The van der Waals surface area contributed by atoms with Crippen LogP contribution in [0.5, 0.6) is 11.5 Å². The molecule has 0 radical (unpaired) electrons. The van der Waals surface area contributed by atoms with Gasteiger partial charge in [-0.2, -0.15) is 0 Å². The van der Waals surface area contributed by atoms with Crippen molar-refractivity contribution in [3.05, 3.63) is 67.9 Å². The summed E-state index contributed by atoms with van der Waals surface area (Å²) in [5.74, 6) is -0.789. The van der Waals surface area contributed by atoms with Crippen molar-refractivity contribution >= 4 is 40.3 Å². The van der Waals surface area contributed by atoms with Gasteiger partial charge in [0.05, 0.1) is 33.8 Å². The minimum Gasteiger partial charge on any atom is -0.507 e. The highest BCUT2D eigenvalue weighted by Crippen LogP contribution is 2.33. The molecule has 9 heteroatoms. The smallest absolute Gasteiger partial charge is 0.507 e. The van der Waals surface area contributed by atoms with Crippen molar-refractivity contribution in [3.63, 3.8) is 0 Å². The quantitative estimate of drug-likeness (QED) is 0.540. The van der Waals surface area contributed by atoms with Crippen LogP contribution in [0.3, 0.4) is 0 Å². The van der Waals surface area contributed by atoms with Crippen LogP contribution in [-0.4, -0.2) is 32.6 Å². The van der Waals surface area contributed by atoms with E-state index in [-0.39, 0.29) is 30.7 Å². The summed E-state index contributed by atoms with van der Waals surface area (Å²) in [5, 5.41) is 29.4. The number of fused-ring (bicyclic) bond motifs is 1. The maximum absolute atomic E-state index is 12.7. The number of aromatic nitrogens is 1. The van der Waals surface area contributed by atoms with E-state index in [1.165, 1.54) is 10.8 Å². The number of phenols is 1. The molecule has 0 saturated heterocycles. The van der Waals surface area contributed by atoms with Gasteiger partial charge in [-0.1, -0.05) is 41.4 Å². The van der Waals surface area contributed by atoms with Crippen LogP contribution in [0.4, 0.5) is 4.79 Å². The number of rotatable bonds is 5. The lowest BCUT2D eigenvalue weighted by Gasteiger charge is -2.15. The second kappa shape index (κ2) is 8.10. The number of hydrogen-bond donors (Lipinski definition) is 3. The number of phenolic OH excluding ortho intramolecular Hbond substituents is 1. The van der Waals surface area contributed by atoms with Crippen molar-refractivity contribution in [2.45, 2.75) is 13.0 Å². The Kier molecular flexibility index (Phi) is 5.79. The van der Waals surface area contributed by atoms with Gasteiger partial charge in [-0.15, -0.1) is 0 Å². The molecule has 0 aliphatic carbocycles. The van der Waals surface area contributed by atoms with Crippen molar-refractivity contribution < 1.29 is 24.9 Å². The van der Waals surface area contributed by atoms with Crippen molar-refractivity contribution in [2.75, 3.05) is 6.61 Å². The molecule has 3 N–H and O–H groups in total. The molecule has 0 aliphatic heterocycles. The Morgan fingerprint density at radius 2 is 1.89 bits per heavy atom. The highest BCUT2D eigenvalue weighted by molar-refractivity contribution is 6.42. The largest absolute Gasteiger partial charge is 0.511 e. The lowest BCUT2D eigenvalue weighted by molar-refractivity contribution is 0.143. The van der Waals surface area contributed by atoms with Gasteiger partial charge in [0, 0.05) is 13.0 Å². The second-order valence-electron chi connectivity index (χ2n) is 5.96. The summed E-state index contributed by atoms with van der Waals surface area (Å²) in [4.78, 5) is 23.6. The third-order valence-electron chi connectivity index (χ3n) is 4.22. The highest BCUT2D eigenvalue weighted by Gasteiger charge is 2.19. The van der Waals surface area contributed by atoms with E-state index in [0.29, 0.717) is 26.7 Å². The lowest BCUT2D eigenvalue weighted by Crippen LogP contribution is -2.17. The lowest BCUT2D eigenvalue weighted by atomic mass is 10.0. The number of aromatic hydroxyl groups is 1. The number of carbonyl (C=O) groups is 1. The summed E-state index contributed by atoms with van der Waals surface area (Å²) < 4.78 is 5.98. The summed E-state index contributed by atoms with van der Waals surface area (Å²) >= 11 is 12.2. The van der Waals surface area contributed by atoms with E-state index >= 15 is 0 Å². The minimum absolute atomic E-state index is 0.0751. The van der Waals surface area contributed by atoms with Crippen LogP contribution in [0.15, 0.2) is 41.3 Å². The van der Waals surface area contributed by atoms with E-state index < -0.39 is 17.3 Å². The molecule has 0 saturated carbocycles. The molecule has 0 spiro atoms. The fraction of sp³-hybridized carbons (Fsp3) is 0.158. The summed E-state index contributed by atoms with van der Waals surface area (Å²) in [7, 11) is 0. The molecule has 7 nitrogen and oxygen atoms in total. The average Bonchev–Trinajstić information content (AvgIpc) is 2.64. The normalized spacial score (nSPS) is 11.0. The second-order valence-corrected chi connectivity index (χ2v) is 6.75. The molecule has 0 aliphatic rings. The molecule has 0 bridgehead atoms. The average molecular weight is 424 g/mol. The first-order valence-corrected chi connectivity index (χ1v) is 8.91. The van der Waals surface area contributed by atoms with Gasteiger partial charge in [0.1, 0.15) is 5.75 Å². The molecule has 28 heavy (non-hydrogen) atoms. The van der Waals surface area contributed by atoms with Gasteiger partial charge in [0.2, 0.25) is 5.43 Å². The zero-order chi connectivity index (χ0) is 20.4. The van der Waals surface area contributed by atoms with E-state index in [9.17, 15) is 19.8 Å². The van der Waals surface area contributed by atoms with E-state index in [4.69, 9.17) is 28.3 Å². The van der Waals surface area contributed by atoms with E-state index in [2.05, 4.69) is 4.74 Å². The Labute approximate surface area is 168 Å². The molecule has 0 amide bonds. The number of ether oxygens (including phenoxy) is 1. The van der Waals surface area contributed by atoms with E-state index in [1.54, 1.807) is 30.3 Å². The Bertz CT molecular complexity index is 1130. The maximum Gasteiger partial charge on any atom is 0.511 e. The number of pyridine rings is 1. The number of carboxylic acid groups (broad SMARTS) is 1. The molecule has 3 rings (SSSR count). The third kappa shape index (κ3) is 3.77. The number of aliphatic hydroxyl groups excluding tert-OH is 1. The zero-order valence-corrected chi connectivity index (χ0v) is 15.9. The third-order valence-corrected chi connectivity index (χ3v) is 5.08. The number of benzene rings is 2. The van der Waals surface area contributed by atoms with Gasteiger partial charge in [0.25, 0.3) is 0 Å². The number of aliphatic hydroxyl groups is 1. The van der Waals surface area contributed by atoms with Crippen LogP contribution in [0.2, 0.25) is 10.0 Å². The van der Waals surface area contributed by atoms with Gasteiger partial charge in [-0.25, -0.2) is 4.79 Å². The van der Waals surface area contributed by atoms with Crippen molar-refractivity contribution in [3.8, 4) is 11.5 Å². The summed E-state index contributed by atoms with van der Waals surface area (Å²) in [6, 6.07) is 8.32. The van der Waals surface area contributed by atoms with Crippen LogP contribution in [0.25, 0.3) is 10.9 Å². The Balaban J connectivity index is 2.21. The molecule has 2 aromatic carbocycles. The maximum atomic E-state index is 12.7. The van der Waals surface area contributed by atoms with E-state index in [1.807, 2.05) is 0 Å². The fourth-order valence-corrected chi connectivity index (χ4v) is 3.36. The predicted octanol–water partition coefficient (Wildman–Crippen LogP) is 3.65. The van der Waals surface area contributed by atoms with Gasteiger partial charge < -0.3 is 24.6 Å². The van der Waals surface area contributed by atoms with Gasteiger partial charge in [-0.05, 0) is 23.3 Å². The van der Waals surface area contributed by atoms with Gasteiger partial charge >= 0.3 is 6.16 Å². The minimum atomic E-state index is -1.66. The van der Waals surface area contributed by atoms with Crippen molar-refractivity contribution in [1.82, 2.24) is 4.57 Å². The van der Waals surface area contributed by atoms with Crippen LogP contribution < -0.4 is 10.2 Å². The predicted molar refractivity (Wildman–Crippen MR) is 105 cm³/mol. The number of nitrogens with zero attached hydrogens (tertiary/aromatic N) is 1. The molecule has 146 valence electrons. The first kappa shape index (κ1) is 20.0.